The predicted molar refractivity (Wildman–Crippen MR) is 90.1 cm³/mol. The molecule has 6 nitrogen and oxygen atoms in total. The van der Waals surface area contributed by atoms with Gasteiger partial charge in [0, 0.05) is 10.0 Å². The number of rotatable bonds is 4. The van der Waals surface area contributed by atoms with Gasteiger partial charge in [0.1, 0.15) is 17.2 Å². The van der Waals surface area contributed by atoms with Crippen LogP contribution in [-0.4, -0.2) is 21.8 Å². The Morgan fingerprint density at radius 2 is 2.09 bits per heavy atom. The van der Waals surface area contributed by atoms with E-state index in [0.717, 1.165) is 10.0 Å². The van der Waals surface area contributed by atoms with Crippen LogP contribution >= 0.6 is 15.9 Å². The molecule has 0 radical (unpaired) electrons. The molecule has 0 atom stereocenters. The van der Waals surface area contributed by atoms with Gasteiger partial charge in [0.2, 0.25) is 0 Å². The third-order valence-electron chi connectivity index (χ3n) is 3.17. The van der Waals surface area contributed by atoms with Gasteiger partial charge in [0.05, 0.1) is 12.0 Å². The van der Waals surface area contributed by atoms with E-state index < -0.39 is 0 Å². The highest BCUT2D eigenvalue weighted by Crippen LogP contribution is 2.20. The van der Waals surface area contributed by atoms with Crippen molar-refractivity contribution in [1.82, 2.24) is 15.6 Å². The Kier molecular flexibility index (Phi) is 4.38. The number of amides is 1. The summed E-state index contributed by atoms with van der Waals surface area (Å²) in [6.07, 6.45) is 1.55. The lowest BCUT2D eigenvalue weighted by Gasteiger charge is -1.98. The summed E-state index contributed by atoms with van der Waals surface area (Å²) in [7, 11) is 0. The van der Waals surface area contributed by atoms with Crippen molar-refractivity contribution in [3.63, 3.8) is 0 Å². The fourth-order valence-electron chi connectivity index (χ4n) is 1.94. The molecule has 0 aliphatic carbocycles. The summed E-state index contributed by atoms with van der Waals surface area (Å²) in [6.45, 7) is 1.75. The molecule has 0 unspecified atom stereocenters. The zero-order chi connectivity index (χ0) is 16.2. The van der Waals surface area contributed by atoms with Crippen LogP contribution in [0.4, 0.5) is 0 Å². The number of furan rings is 1. The van der Waals surface area contributed by atoms with Gasteiger partial charge in [0.15, 0.2) is 0 Å². The Labute approximate surface area is 140 Å². The monoisotopic (exact) mass is 372 g/mol. The van der Waals surface area contributed by atoms with Crippen LogP contribution in [-0.2, 0) is 0 Å². The van der Waals surface area contributed by atoms with Gasteiger partial charge < -0.3 is 4.42 Å². The topological polar surface area (TPSA) is 83.3 Å². The Morgan fingerprint density at radius 3 is 2.78 bits per heavy atom. The van der Waals surface area contributed by atoms with Gasteiger partial charge in [-0.2, -0.15) is 10.2 Å². The first kappa shape index (κ1) is 15.2. The highest BCUT2D eigenvalue weighted by Gasteiger charge is 2.11. The number of halogens is 1. The first-order valence-electron chi connectivity index (χ1n) is 6.83. The van der Waals surface area contributed by atoms with Crippen molar-refractivity contribution < 1.29 is 9.21 Å². The molecule has 1 aromatic carbocycles. The van der Waals surface area contributed by atoms with Crippen molar-refractivity contribution in [2.45, 2.75) is 6.92 Å². The third-order valence-corrected chi connectivity index (χ3v) is 3.69. The number of carbonyl (C=O) groups is 1. The van der Waals surface area contributed by atoms with Gasteiger partial charge in [-0.15, -0.1) is 0 Å². The number of aromatic nitrogens is 2. The number of hydrogen-bond donors (Lipinski definition) is 2. The Hall–Kier alpha value is -2.67. The molecule has 0 spiro atoms. The molecule has 23 heavy (non-hydrogen) atoms. The number of nitrogens with one attached hydrogen (secondary N) is 2. The zero-order valence-electron chi connectivity index (χ0n) is 12.2. The fraction of sp³-hybridized carbons (Fsp3) is 0.0625. The smallest absolute Gasteiger partial charge is 0.289 e. The molecule has 2 N–H and O–H groups in total. The standard InChI is InChI=1S/C16H13BrN4O2/c1-10(15-3-2-8-23-15)18-21-16(22)14-9-13(19-20-14)11-4-6-12(17)7-5-11/h2-9H,1H3,(H,19,20)(H,21,22)/b18-10+. The number of carbonyl (C=O) groups excluding carboxylic acids is 1. The summed E-state index contributed by atoms with van der Waals surface area (Å²) in [5, 5.41) is 10.9. The average molecular weight is 373 g/mol. The quantitative estimate of drug-likeness (QED) is 0.542. The van der Waals surface area contributed by atoms with Crippen LogP contribution in [0, 0.1) is 0 Å². The van der Waals surface area contributed by atoms with Gasteiger partial charge in [-0.1, -0.05) is 28.1 Å². The van der Waals surface area contributed by atoms with E-state index in [4.69, 9.17) is 4.42 Å². The number of benzene rings is 1. The van der Waals surface area contributed by atoms with Gasteiger partial charge in [-0.05, 0) is 37.3 Å². The van der Waals surface area contributed by atoms with Crippen molar-refractivity contribution in [1.29, 1.82) is 0 Å². The van der Waals surface area contributed by atoms with Crippen molar-refractivity contribution in [3.05, 3.63) is 64.7 Å². The summed E-state index contributed by atoms with van der Waals surface area (Å²) in [4.78, 5) is 12.1. The van der Waals surface area contributed by atoms with E-state index in [1.165, 1.54) is 0 Å². The summed E-state index contributed by atoms with van der Waals surface area (Å²) in [5.74, 6) is 0.234. The lowest BCUT2D eigenvalue weighted by atomic mass is 10.1. The second kappa shape index (κ2) is 6.62. The van der Waals surface area contributed by atoms with E-state index in [-0.39, 0.29) is 5.91 Å². The number of H-pyrrole nitrogens is 1. The van der Waals surface area contributed by atoms with E-state index in [2.05, 4.69) is 36.7 Å². The number of hydrazone groups is 1. The SMILES string of the molecule is C/C(=N\NC(=O)c1cc(-c2ccc(Br)cc2)n[nH]1)c1ccco1. The van der Waals surface area contributed by atoms with Crippen LogP contribution in [0.1, 0.15) is 23.2 Å². The lowest BCUT2D eigenvalue weighted by Crippen LogP contribution is -2.19. The summed E-state index contributed by atoms with van der Waals surface area (Å²) in [5.41, 5.74) is 4.99. The average Bonchev–Trinajstić information content (AvgIpc) is 3.24. The molecule has 0 aliphatic rings. The highest BCUT2D eigenvalue weighted by atomic mass is 79.9. The lowest BCUT2D eigenvalue weighted by molar-refractivity contribution is 0.0950. The number of aromatic amines is 1. The molecule has 1 amide bonds. The Balaban J connectivity index is 1.71. The minimum atomic E-state index is -0.369. The van der Waals surface area contributed by atoms with Crippen LogP contribution in [0.2, 0.25) is 0 Å². The number of hydrogen-bond acceptors (Lipinski definition) is 4. The molecular formula is C16H13BrN4O2. The normalized spacial score (nSPS) is 11.5. The van der Waals surface area contributed by atoms with E-state index >= 15 is 0 Å². The molecule has 3 rings (SSSR count). The molecule has 3 aromatic rings. The Bertz CT molecular complexity index is 835. The van der Waals surface area contributed by atoms with Gasteiger partial charge in [-0.25, -0.2) is 5.43 Å². The van der Waals surface area contributed by atoms with E-state index in [1.807, 2.05) is 24.3 Å². The number of nitrogens with zero attached hydrogens (tertiary/aromatic N) is 2. The second-order valence-corrected chi connectivity index (χ2v) is 5.70. The van der Waals surface area contributed by atoms with Crippen molar-refractivity contribution in [3.8, 4) is 11.3 Å². The molecule has 116 valence electrons. The minimum absolute atomic E-state index is 0.332. The largest absolute Gasteiger partial charge is 0.463 e. The highest BCUT2D eigenvalue weighted by molar-refractivity contribution is 9.10. The third kappa shape index (κ3) is 3.57. The molecule has 0 aliphatic heterocycles. The van der Waals surface area contributed by atoms with Crippen molar-refractivity contribution >= 4 is 27.5 Å². The summed E-state index contributed by atoms with van der Waals surface area (Å²) >= 11 is 3.38. The van der Waals surface area contributed by atoms with Crippen LogP contribution in [0.15, 0.2) is 62.7 Å². The summed E-state index contributed by atoms with van der Waals surface area (Å²) in [6, 6.07) is 12.9. The van der Waals surface area contributed by atoms with Crippen LogP contribution in [0.5, 0.6) is 0 Å². The minimum Gasteiger partial charge on any atom is -0.463 e. The molecule has 0 saturated carbocycles. The van der Waals surface area contributed by atoms with Gasteiger partial charge in [-0.3, -0.25) is 9.89 Å². The van der Waals surface area contributed by atoms with Crippen molar-refractivity contribution in [2.24, 2.45) is 5.10 Å². The van der Waals surface area contributed by atoms with Crippen LogP contribution in [0.25, 0.3) is 11.3 Å². The maximum absolute atomic E-state index is 12.1. The molecule has 7 heteroatoms. The van der Waals surface area contributed by atoms with Crippen LogP contribution in [0.3, 0.4) is 0 Å². The van der Waals surface area contributed by atoms with E-state index in [0.29, 0.717) is 22.9 Å². The molecule has 0 saturated heterocycles. The maximum atomic E-state index is 12.1. The first-order chi connectivity index (χ1) is 11.1. The van der Waals surface area contributed by atoms with Gasteiger partial charge >= 0.3 is 0 Å². The van der Waals surface area contributed by atoms with E-state index in [9.17, 15) is 4.79 Å². The Morgan fingerprint density at radius 1 is 1.30 bits per heavy atom. The molecule has 0 bridgehead atoms. The maximum Gasteiger partial charge on any atom is 0.289 e. The van der Waals surface area contributed by atoms with Crippen molar-refractivity contribution in [2.75, 3.05) is 0 Å². The van der Waals surface area contributed by atoms with E-state index in [1.54, 1.807) is 31.4 Å². The molecule has 0 fully saturated rings. The predicted octanol–water partition coefficient (Wildman–Crippen LogP) is 3.59. The molecule has 2 heterocycles. The molecular weight excluding hydrogens is 360 g/mol. The fourth-order valence-corrected chi connectivity index (χ4v) is 2.21. The first-order valence-corrected chi connectivity index (χ1v) is 7.62. The molecule has 2 aromatic heterocycles. The van der Waals surface area contributed by atoms with Gasteiger partial charge in [0.25, 0.3) is 5.91 Å². The summed E-state index contributed by atoms with van der Waals surface area (Å²) < 4.78 is 6.18. The van der Waals surface area contributed by atoms with Crippen LogP contribution < -0.4 is 5.43 Å². The second-order valence-electron chi connectivity index (χ2n) is 4.79. The zero-order valence-corrected chi connectivity index (χ0v) is 13.8.